The molecule has 0 saturated heterocycles. The average molecular weight is 405 g/mol. The lowest BCUT2D eigenvalue weighted by Crippen LogP contribution is -2.49. The van der Waals surface area contributed by atoms with Crippen LogP contribution in [-0.4, -0.2) is 36.6 Å². The first-order chi connectivity index (χ1) is 14.6. The maximum absolute atomic E-state index is 5.49. The van der Waals surface area contributed by atoms with Gasteiger partial charge in [-0.15, -0.1) is 0 Å². The fourth-order valence-electron chi connectivity index (χ4n) is 7.37. The minimum Gasteiger partial charge on any atom is -0.497 e. The van der Waals surface area contributed by atoms with Crippen LogP contribution in [0.5, 0.6) is 5.75 Å². The molecular formula is C27H36N2O. The van der Waals surface area contributed by atoms with E-state index in [2.05, 4.69) is 54.2 Å². The highest BCUT2D eigenvalue weighted by Gasteiger charge is 2.55. The summed E-state index contributed by atoms with van der Waals surface area (Å²) in [7, 11) is 4.14. The molecule has 0 N–H and O–H groups in total. The van der Waals surface area contributed by atoms with Crippen LogP contribution in [0.25, 0.3) is 0 Å². The monoisotopic (exact) mass is 404 g/mol. The first-order valence-electron chi connectivity index (χ1n) is 11.9. The molecule has 0 spiro atoms. The summed E-state index contributed by atoms with van der Waals surface area (Å²) >= 11 is 0. The van der Waals surface area contributed by atoms with Crippen molar-refractivity contribution in [3.63, 3.8) is 0 Å². The number of likely N-dealkylation sites (N-methyl/N-ethyl adjacent to an activating group) is 1. The van der Waals surface area contributed by atoms with Crippen molar-refractivity contribution in [2.75, 3.05) is 20.7 Å². The Morgan fingerprint density at radius 1 is 1.13 bits per heavy atom. The van der Waals surface area contributed by atoms with Gasteiger partial charge in [0.05, 0.1) is 7.11 Å². The molecule has 1 aromatic carbocycles. The summed E-state index contributed by atoms with van der Waals surface area (Å²) in [5.74, 6) is 3.51. The molecule has 2 saturated carbocycles. The van der Waals surface area contributed by atoms with Crippen LogP contribution in [0.2, 0.25) is 0 Å². The number of nitrogens with zero attached hydrogens (tertiary/aromatic N) is 2. The fourth-order valence-corrected chi connectivity index (χ4v) is 7.37. The number of aromatic nitrogens is 1. The molecular weight excluding hydrogens is 368 g/mol. The number of hydrogen-bond donors (Lipinski definition) is 0. The number of aryl methyl sites for hydroxylation is 1. The van der Waals surface area contributed by atoms with Gasteiger partial charge < -0.3 is 9.64 Å². The third kappa shape index (κ3) is 3.36. The molecule has 160 valence electrons. The second kappa shape index (κ2) is 8.00. The van der Waals surface area contributed by atoms with Gasteiger partial charge in [0.15, 0.2) is 0 Å². The van der Waals surface area contributed by atoms with Crippen LogP contribution >= 0.6 is 0 Å². The second-order valence-corrected chi connectivity index (χ2v) is 10.2. The number of benzene rings is 1. The summed E-state index contributed by atoms with van der Waals surface area (Å²) in [6.45, 7) is 3.73. The Balaban J connectivity index is 1.31. The summed E-state index contributed by atoms with van der Waals surface area (Å²) in [4.78, 5) is 7.19. The van der Waals surface area contributed by atoms with E-state index in [0.717, 1.165) is 36.5 Å². The summed E-state index contributed by atoms with van der Waals surface area (Å²) in [6, 6.07) is 13.8. The first-order valence-corrected chi connectivity index (χ1v) is 11.9. The molecule has 2 fully saturated rings. The van der Waals surface area contributed by atoms with E-state index < -0.39 is 0 Å². The smallest absolute Gasteiger partial charge is 0.119 e. The fraction of sp³-hybridized carbons (Fsp3) is 0.593. The number of pyridine rings is 1. The number of fused-ring (bicyclic) bond motifs is 5. The van der Waals surface area contributed by atoms with Gasteiger partial charge in [0.1, 0.15) is 5.75 Å². The van der Waals surface area contributed by atoms with Gasteiger partial charge in [-0.1, -0.05) is 19.1 Å². The zero-order valence-corrected chi connectivity index (χ0v) is 18.8. The molecule has 1 aromatic heterocycles. The lowest BCUT2D eigenvalue weighted by atomic mass is 9.55. The van der Waals surface area contributed by atoms with Gasteiger partial charge in [-0.05, 0) is 104 Å². The standard InChI is InChI=1S/C27H36N2O/c1-27-15-13-23-22-10-8-21(30-3)18-19(22)7-9-24(23)25(27)11-12-26(27)29(2)17-14-20-6-4-5-16-28-20/h4-6,8,10,16,18,23-26H,7,9,11-15,17H2,1-3H3/t23-,24-,25+,26+,27+/m1/s1. The number of ether oxygens (including phenoxy) is 1. The minimum atomic E-state index is 0.462. The quantitative estimate of drug-likeness (QED) is 0.659. The van der Waals surface area contributed by atoms with Gasteiger partial charge in [0, 0.05) is 30.9 Å². The van der Waals surface area contributed by atoms with Gasteiger partial charge in [0.25, 0.3) is 0 Å². The van der Waals surface area contributed by atoms with Crippen molar-refractivity contribution in [2.45, 2.75) is 63.8 Å². The highest BCUT2D eigenvalue weighted by Crippen LogP contribution is 2.61. The minimum absolute atomic E-state index is 0.462. The first kappa shape index (κ1) is 20.1. The molecule has 3 heteroatoms. The van der Waals surface area contributed by atoms with E-state index in [4.69, 9.17) is 4.74 Å². The van der Waals surface area contributed by atoms with E-state index in [0.29, 0.717) is 11.5 Å². The van der Waals surface area contributed by atoms with E-state index in [1.165, 1.54) is 44.2 Å². The van der Waals surface area contributed by atoms with Crippen molar-refractivity contribution in [3.8, 4) is 5.75 Å². The number of rotatable bonds is 5. The van der Waals surface area contributed by atoms with E-state index in [9.17, 15) is 0 Å². The van der Waals surface area contributed by atoms with E-state index in [1.54, 1.807) is 18.2 Å². The summed E-state index contributed by atoms with van der Waals surface area (Å²) in [5, 5.41) is 0. The molecule has 3 nitrogen and oxygen atoms in total. The van der Waals surface area contributed by atoms with Gasteiger partial charge in [-0.2, -0.15) is 0 Å². The van der Waals surface area contributed by atoms with Gasteiger partial charge in [-0.25, -0.2) is 0 Å². The van der Waals surface area contributed by atoms with Crippen molar-refractivity contribution < 1.29 is 4.74 Å². The Morgan fingerprint density at radius 3 is 2.83 bits per heavy atom. The SMILES string of the molecule is COc1ccc2c(c1)CC[C@@H]1[C@@H]2CC[C@]2(C)[C@@H](N(C)CCc3ccccn3)CC[C@@H]12. The molecule has 0 aliphatic heterocycles. The van der Waals surface area contributed by atoms with E-state index >= 15 is 0 Å². The topological polar surface area (TPSA) is 25.4 Å². The summed E-state index contributed by atoms with van der Waals surface area (Å²) in [5.41, 5.74) is 4.85. The van der Waals surface area contributed by atoms with Gasteiger partial charge in [0.2, 0.25) is 0 Å². The number of methoxy groups -OCH3 is 1. The van der Waals surface area contributed by atoms with Crippen molar-refractivity contribution in [3.05, 3.63) is 59.4 Å². The molecule has 0 radical (unpaired) electrons. The van der Waals surface area contributed by atoms with Crippen LogP contribution in [0.1, 0.15) is 61.8 Å². The predicted octanol–water partition coefficient (Wildman–Crippen LogP) is 5.49. The van der Waals surface area contributed by atoms with Crippen molar-refractivity contribution in [2.24, 2.45) is 17.3 Å². The zero-order valence-electron chi connectivity index (χ0n) is 18.8. The lowest BCUT2D eigenvalue weighted by Gasteiger charge is -2.52. The molecule has 0 unspecified atom stereocenters. The van der Waals surface area contributed by atoms with Crippen molar-refractivity contribution >= 4 is 0 Å². The average Bonchev–Trinajstić information content (AvgIpc) is 3.15. The van der Waals surface area contributed by atoms with Crippen LogP contribution in [-0.2, 0) is 12.8 Å². The van der Waals surface area contributed by atoms with E-state index in [-0.39, 0.29) is 0 Å². The van der Waals surface area contributed by atoms with Gasteiger partial charge in [-0.3, -0.25) is 4.98 Å². The predicted molar refractivity (Wildman–Crippen MR) is 122 cm³/mol. The molecule has 2 aromatic rings. The molecule has 3 aliphatic carbocycles. The molecule has 0 bridgehead atoms. The largest absolute Gasteiger partial charge is 0.497 e. The molecule has 5 rings (SSSR count). The maximum atomic E-state index is 5.49. The Hall–Kier alpha value is -1.87. The summed E-state index contributed by atoms with van der Waals surface area (Å²) < 4.78 is 5.49. The molecule has 5 atom stereocenters. The van der Waals surface area contributed by atoms with Crippen LogP contribution in [0, 0.1) is 17.3 Å². The van der Waals surface area contributed by atoms with Crippen LogP contribution in [0.3, 0.4) is 0 Å². The lowest BCUT2D eigenvalue weighted by molar-refractivity contribution is 0.00784. The molecule has 3 aliphatic rings. The third-order valence-electron chi connectivity index (χ3n) is 8.86. The normalized spacial score (nSPS) is 32.4. The zero-order chi connectivity index (χ0) is 20.7. The van der Waals surface area contributed by atoms with E-state index in [1.807, 2.05) is 12.3 Å². The second-order valence-electron chi connectivity index (χ2n) is 10.2. The van der Waals surface area contributed by atoms with Gasteiger partial charge >= 0.3 is 0 Å². The van der Waals surface area contributed by atoms with Crippen molar-refractivity contribution in [1.29, 1.82) is 0 Å². The Bertz CT molecular complexity index is 882. The third-order valence-corrected chi connectivity index (χ3v) is 8.86. The maximum Gasteiger partial charge on any atom is 0.119 e. The Kier molecular flexibility index (Phi) is 5.35. The van der Waals surface area contributed by atoms with Crippen molar-refractivity contribution in [1.82, 2.24) is 9.88 Å². The number of hydrogen-bond acceptors (Lipinski definition) is 3. The molecule has 30 heavy (non-hydrogen) atoms. The highest BCUT2D eigenvalue weighted by molar-refractivity contribution is 5.40. The van der Waals surface area contributed by atoms with Crippen LogP contribution < -0.4 is 4.74 Å². The highest BCUT2D eigenvalue weighted by atomic mass is 16.5. The van der Waals surface area contributed by atoms with Crippen LogP contribution in [0.4, 0.5) is 0 Å². The Morgan fingerprint density at radius 2 is 2.03 bits per heavy atom. The molecule has 0 amide bonds. The van der Waals surface area contributed by atoms with Crippen LogP contribution in [0.15, 0.2) is 42.6 Å². The molecule has 1 heterocycles. The summed E-state index contributed by atoms with van der Waals surface area (Å²) in [6.07, 6.45) is 11.0. The Labute approximate surface area is 181 Å².